The van der Waals surface area contributed by atoms with Gasteiger partial charge in [-0.2, -0.15) is 0 Å². The third-order valence-corrected chi connectivity index (χ3v) is 26.9. The monoisotopic (exact) mass is 1260 g/mol. The molecule has 0 saturated heterocycles. The minimum atomic E-state index is -1.07. The van der Waals surface area contributed by atoms with Crippen LogP contribution in [0.15, 0.2) is 53.4 Å². The summed E-state index contributed by atoms with van der Waals surface area (Å²) < 4.78 is 0.884. The Labute approximate surface area is 598 Å². The van der Waals surface area contributed by atoms with Gasteiger partial charge in [-0.15, -0.1) is 0 Å². The topological polar surface area (TPSA) is 113 Å². The van der Waals surface area contributed by atoms with E-state index < -0.39 is 101 Å². The van der Waals surface area contributed by atoms with Crippen LogP contribution in [0.1, 0.15) is 168 Å². The number of carbonyl (C=O) groups excluding carboxylic acids is 2. The van der Waals surface area contributed by atoms with Crippen molar-refractivity contribution in [3.05, 3.63) is 59.1 Å². The molecule has 2 N–H and O–H groups in total. The lowest BCUT2D eigenvalue weighted by molar-refractivity contribution is -0.182. The van der Waals surface area contributed by atoms with Crippen molar-refractivity contribution < 1.29 is 24.6 Å². The minimum Gasteiger partial charge on any atom is -0.390 e. The van der Waals surface area contributed by atoms with Crippen LogP contribution < -0.4 is 0 Å². The molecule has 8 nitrogen and oxygen atoms in total. The van der Waals surface area contributed by atoms with Gasteiger partial charge >= 0.3 is 0 Å². The van der Waals surface area contributed by atoms with Crippen molar-refractivity contribution >= 4 is 241 Å². The quantitative estimate of drug-likeness (QED) is 0.103. The van der Waals surface area contributed by atoms with Gasteiger partial charge in [-0.3, -0.25) is 19.4 Å². The number of hydrogen-bond acceptors (Lipinski definition) is 7. The maximum atomic E-state index is 13.3. The van der Waals surface area contributed by atoms with Crippen LogP contribution in [0.2, 0.25) is 0 Å². The molecule has 2 heterocycles. The Morgan fingerprint density at radius 2 is 0.817 bits per heavy atom. The number of Topliss-reactive ketones (excluding diaryl/α,β-unsaturated/α-hetero) is 1. The average Bonchev–Trinajstić information content (AvgIpc) is 1.62. The first-order valence-corrected chi connectivity index (χ1v) is 35.5. The van der Waals surface area contributed by atoms with Crippen LogP contribution in [0.5, 0.6) is 0 Å². The van der Waals surface area contributed by atoms with Gasteiger partial charge < -0.3 is 10.2 Å². The minimum absolute atomic E-state index is 0.117. The Bertz CT molecular complexity index is 2620. The summed E-state index contributed by atoms with van der Waals surface area (Å²) in [5.74, 6) is 6.49. The number of hydroxylamine groups is 2. The van der Waals surface area contributed by atoms with E-state index in [0.29, 0.717) is 40.2 Å². The normalized spacial score (nSPS) is 34.1. The summed E-state index contributed by atoms with van der Waals surface area (Å²) in [5, 5.41) is 22.8. The molecule has 0 aliphatic heterocycles. The molecule has 2 aromatic rings. The second-order valence-electron chi connectivity index (χ2n) is 31.9. The van der Waals surface area contributed by atoms with Crippen LogP contribution in [0, 0.1) is 80.8 Å². The molecule has 2 aromatic heterocycles. The van der Waals surface area contributed by atoms with Crippen molar-refractivity contribution in [2.45, 2.75) is 168 Å². The van der Waals surface area contributed by atoms with Crippen LogP contribution >= 0.6 is 15.9 Å². The first-order valence-electron chi connectivity index (χ1n) is 34.7. The number of aromatic nitrogens is 2. The van der Waals surface area contributed by atoms with Gasteiger partial charge in [-0.05, 0) is 239 Å². The van der Waals surface area contributed by atoms with Crippen LogP contribution in [-0.2, 0) is 9.63 Å². The number of hydrogen-bond donors (Lipinski definition) is 2. The Morgan fingerprint density at radius 1 is 0.462 bits per heavy atom. The van der Waals surface area contributed by atoms with E-state index in [1.807, 2.05) is 50.2 Å². The molecule has 0 unspecified atom stereocenters. The summed E-state index contributed by atoms with van der Waals surface area (Å²) in [4.78, 5) is 39.8. The van der Waals surface area contributed by atoms with Gasteiger partial charge in [-0.25, -0.2) is 10.0 Å². The third kappa shape index (κ3) is 17.5. The van der Waals surface area contributed by atoms with Gasteiger partial charge in [0, 0.05) is 244 Å². The van der Waals surface area contributed by atoms with Crippen LogP contribution in [-0.4, -0.2) is 275 Å². The lowest BCUT2D eigenvalue weighted by Crippen LogP contribution is -2.88. The van der Waals surface area contributed by atoms with Gasteiger partial charge in [0.05, 0.1) is 18.3 Å². The molecular formula is C54H80B30BrN3O5. The molecule has 1 amide bonds. The number of pyridine rings is 2. The third-order valence-electron chi connectivity index (χ3n) is 26.4. The second-order valence-corrected chi connectivity index (χ2v) is 32.7. The molecule has 0 spiro atoms. The van der Waals surface area contributed by atoms with Gasteiger partial charge in [0.25, 0.3) is 0 Å². The summed E-state index contributed by atoms with van der Waals surface area (Å²) in [6.07, 6.45) is 10.4. The number of amides is 1. The predicted octanol–water partition coefficient (Wildman–Crippen LogP) is 0.510. The summed E-state index contributed by atoms with van der Waals surface area (Å²) >= 11 is 3.20. The van der Waals surface area contributed by atoms with Crippen molar-refractivity contribution in [3.63, 3.8) is 0 Å². The Balaban J connectivity index is 0.000000187. The van der Waals surface area contributed by atoms with E-state index in [1.54, 1.807) is 26.6 Å². The second kappa shape index (κ2) is 32.8. The Kier molecular flexibility index (Phi) is 28.2. The maximum absolute atomic E-state index is 13.3. The van der Waals surface area contributed by atoms with Gasteiger partial charge in [0.2, 0.25) is 5.91 Å². The number of halogens is 1. The fourth-order valence-electron chi connectivity index (χ4n) is 21.7. The molecule has 10 rings (SSSR count). The molecule has 93 heavy (non-hydrogen) atoms. The summed E-state index contributed by atoms with van der Waals surface area (Å²) in [6.45, 7) is 14.0. The number of carbonyl (C=O) groups is 2. The smallest absolute Gasteiger partial charge is 0.249 e. The molecule has 8 fully saturated rings. The highest BCUT2D eigenvalue weighted by Gasteiger charge is 2.64. The number of fused-ring (bicyclic) bond motifs is 10. The van der Waals surface area contributed by atoms with Crippen LogP contribution in [0.25, 0.3) is 0 Å². The summed E-state index contributed by atoms with van der Waals surface area (Å²) in [7, 11) is 99.7. The van der Waals surface area contributed by atoms with Crippen molar-refractivity contribution in [3.8, 4) is 0 Å². The van der Waals surface area contributed by atoms with E-state index in [1.165, 1.54) is 82.1 Å². The molecule has 39 heteroatoms. The Hall–Kier alpha value is -0.252. The predicted molar refractivity (Wildman–Crippen MR) is 425 cm³/mol. The highest BCUT2D eigenvalue weighted by Crippen LogP contribution is 2.70. The number of aliphatic hydroxyl groups is 2. The molecule has 8 aliphatic rings. The molecule has 8 aliphatic carbocycles. The molecule has 0 aromatic carbocycles. The lowest BCUT2D eigenvalue weighted by Gasteiger charge is -2.61. The molecule has 0 bridgehead atoms. The largest absolute Gasteiger partial charge is 0.390 e. The van der Waals surface area contributed by atoms with Gasteiger partial charge in [0.15, 0.2) is 5.78 Å². The van der Waals surface area contributed by atoms with Crippen molar-refractivity contribution in [1.82, 2.24) is 15.0 Å². The van der Waals surface area contributed by atoms with Gasteiger partial charge in [-0.1, -0.05) is 39.8 Å². The first-order chi connectivity index (χ1) is 43.3. The molecule has 438 valence electrons. The van der Waals surface area contributed by atoms with E-state index in [4.69, 9.17) is 129 Å². The van der Waals surface area contributed by atoms with E-state index in [0.717, 1.165) is 66.8 Å². The standard InChI is InChI=1S/C26H37NO2.C23H39NO3.C5H4BrN.B30/c1-24(29)13-14-25(2)17(16-24)7-8-18-19-9-10-21(26(19,3)12-11-20(18)25)23(28)22-6-4-5-15-27-22;1-21(26)12-13-22(2)15(14-21)6-7-16-17-8-9-19(20(25)24(4)27-5)23(17,3)11-10-18(16)22;6-5-3-1-2-4-7-5;1-17(2)25(18(3)4)29(26(19(5)6)20(7)8)30(27(21(9)10)22(11)12)28(23(13)14)24(15)16/h4-6,15,17-21,29H,7-14,16H2,1-3H3;15-19,26H,6-14H2,1-5H3;1-4H;/t17-,18-,19-,20-,21+,24+,25-,26-;15-,16-,17-,18-,19+,21+,22-,23-;;/m00../s1. The fraction of sp³-hybridized carbons (Fsp3) is 0.778. The summed E-state index contributed by atoms with van der Waals surface area (Å²) in [6, 6.07) is 11.4. The number of nitrogens with zero attached hydrogens (tertiary/aromatic N) is 3. The van der Waals surface area contributed by atoms with Crippen molar-refractivity contribution in [2.24, 2.45) is 80.8 Å². The van der Waals surface area contributed by atoms with Crippen LogP contribution in [0.4, 0.5) is 0 Å². The zero-order valence-electron chi connectivity index (χ0n) is 57.3. The number of rotatable bonds is 17. The lowest BCUT2D eigenvalue weighted by atomic mass is 8.31. The van der Waals surface area contributed by atoms with E-state index in [2.05, 4.69) is 53.6 Å². The van der Waals surface area contributed by atoms with E-state index in [-0.39, 0.29) is 34.4 Å². The highest BCUT2D eigenvalue weighted by molar-refractivity contribution is 9.10. The summed E-state index contributed by atoms with van der Waals surface area (Å²) in [5.41, 5.74) is 0.775. The molecule has 32 radical (unpaired) electrons. The van der Waals surface area contributed by atoms with E-state index >= 15 is 0 Å². The van der Waals surface area contributed by atoms with E-state index in [9.17, 15) is 19.8 Å². The van der Waals surface area contributed by atoms with Gasteiger partial charge in [0.1, 0.15) is 10.3 Å². The van der Waals surface area contributed by atoms with Crippen LogP contribution in [0.3, 0.4) is 0 Å². The number of ketones is 1. The molecule has 16 atom stereocenters. The highest BCUT2D eigenvalue weighted by atomic mass is 79.9. The Morgan fingerprint density at radius 3 is 1.14 bits per heavy atom. The SMILES string of the molecule is Brc1ccccn1.CON(C)C(=O)[C@H]1CC[C@H]2[C@@H]3CC[C@H]4C[C@](C)(O)CC[C@]4(C)[C@H]3CC[C@]12C.C[C@@]1(O)CC[C@@]2(C)[C@@H](CC[C@@H]3[C@@H]2CC[C@]2(C)[C@@H](C(=O)c4ccccn4)CC[C@@H]32)C1.[B]B([B])B(B([B])[B])B(B(B([B])[B])B([B])[B])B(B(B([B])[B])B([B])[B])B(B([B])[B])B([B])[B]. The fourth-order valence-corrected chi connectivity index (χ4v) is 21.9. The molecular weight excluding hydrogens is 1170 g/mol. The first kappa shape index (κ1) is 80.1. The van der Waals surface area contributed by atoms with Crippen molar-refractivity contribution in [1.29, 1.82) is 0 Å². The zero-order chi connectivity index (χ0) is 69.2. The molecule has 8 saturated carbocycles. The van der Waals surface area contributed by atoms with Crippen molar-refractivity contribution in [2.75, 3.05) is 14.2 Å². The zero-order valence-corrected chi connectivity index (χ0v) is 58.9. The average molecular weight is 1260 g/mol. The maximum Gasteiger partial charge on any atom is 0.249 e.